The number of nitrogens with zero attached hydrogens (tertiary/aromatic N) is 3. The molecular weight excluding hydrogens is 417 g/mol. The zero-order valence-electron chi connectivity index (χ0n) is 17.2. The van der Waals surface area contributed by atoms with Crippen molar-refractivity contribution in [3.8, 4) is 0 Å². The highest BCUT2D eigenvalue weighted by Gasteiger charge is 2.35. The summed E-state index contributed by atoms with van der Waals surface area (Å²) in [5.74, 6) is -0.821. The Bertz CT molecular complexity index is 939. The van der Waals surface area contributed by atoms with Crippen LogP contribution in [0.1, 0.15) is 24.1 Å². The van der Waals surface area contributed by atoms with E-state index in [-0.39, 0.29) is 23.9 Å². The Hall–Kier alpha value is -2.78. The van der Waals surface area contributed by atoms with Crippen LogP contribution in [0.25, 0.3) is 0 Å². The molecular formula is C22H26FN5O2S. The molecule has 2 aromatic rings. The largest absolute Gasteiger partial charge is 0.368 e. The molecule has 0 aliphatic carbocycles. The molecule has 0 spiro atoms. The van der Waals surface area contributed by atoms with Gasteiger partial charge in [0.25, 0.3) is 5.91 Å². The number of amides is 2. The van der Waals surface area contributed by atoms with E-state index in [9.17, 15) is 14.0 Å². The Morgan fingerprint density at radius 3 is 2.58 bits per heavy atom. The molecule has 3 N–H and O–H groups in total. The quantitative estimate of drug-likeness (QED) is 0.687. The summed E-state index contributed by atoms with van der Waals surface area (Å²) in [5, 5.41) is 10.8. The minimum absolute atomic E-state index is 0.137. The van der Waals surface area contributed by atoms with Gasteiger partial charge >= 0.3 is 0 Å². The van der Waals surface area contributed by atoms with E-state index >= 15 is 0 Å². The lowest BCUT2D eigenvalue weighted by molar-refractivity contribution is -0.119. The Kier molecular flexibility index (Phi) is 6.62. The average molecular weight is 444 g/mol. The van der Waals surface area contributed by atoms with Gasteiger partial charge in [0.1, 0.15) is 17.6 Å². The molecule has 1 aromatic heterocycles. The molecule has 1 unspecified atom stereocenters. The SMILES string of the molecule is NC(=O)C1CC(C(=O)NCC2CCN(Cc3cccs3)CC2)=NN1c1ccc(F)cc1. The van der Waals surface area contributed by atoms with E-state index in [0.717, 1.165) is 32.5 Å². The second kappa shape index (κ2) is 9.57. The van der Waals surface area contributed by atoms with Crippen LogP contribution >= 0.6 is 11.3 Å². The number of nitrogens with one attached hydrogen (secondary N) is 1. The normalized spacial score (nSPS) is 20.0. The van der Waals surface area contributed by atoms with E-state index < -0.39 is 11.9 Å². The van der Waals surface area contributed by atoms with Crippen LogP contribution in [0.4, 0.5) is 10.1 Å². The van der Waals surface area contributed by atoms with Crippen LogP contribution in [-0.4, -0.2) is 48.1 Å². The first kappa shape index (κ1) is 21.5. The molecule has 0 radical (unpaired) electrons. The molecule has 2 amide bonds. The molecule has 0 bridgehead atoms. The van der Waals surface area contributed by atoms with Crippen LogP contribution in [-0.2, 0) is 16.1 Å². The molecule has 164 valence electrons. The smallest absolute Gasteiger partial charge is 0.267 e. The maximum atomic E-state index is 13.2. The van der Waals surface area contributed by atoms with Gasteiger partial charge in [-0.15, -0.1) is 11.3 Å². The van der Waals surface area contributed by atoms with Crippen molar-refractivity contribution in [2.24, 2.45) is 16.8 Å². The molecule has 1 atom stereocenters. The molecule has 2 aliphatic rings. The third-order valence-corrected chi connectivity index (χ3v) is 6.67. The van der Waals surface area contributed by atoms with Crippen molar-refractivity contribution in [3.63, 3.8) is 0 Å². The number of rotatable bonds is 7. The Balaban J connectivity index is 1.29. The summed E-state index contributed by atoms with van der Waals surface area (Å²) >= 11 is 1.78. The summed E-state index contributed by atoms with van der Waals surface area (Å²) in [7, 11) is 0. The fourth-order valence-corrected chi connectivity index (χ4v) is 4.76. The maximum absolute atomic E-state index is 13.2. The fourth-order valence-electron chi connectivity index (χ4n) is 4.01. The van der Waals surface area contributed by atoms with E-state index in [0.29, 0.717) is 18.2 Å². The van der Waals surface area contributed by atoms with Gasteiger partial charge in [0, 0.05) is 24.4 Å². The standard InChI is InChI=1S/C22H26FN5O2S/c23-16-3-5-17(6-4-16)28-20(21(24)29)12-19(26-28)22(30)25-13-15-7-9-27(10-8-15)14-18-2-1-11-31-18/h1-6,11,15,20H,7-10,12-14H2,(H2,24,29)(H,25,30). The number of hydrazone groups is 1. The highest BCUT2D eigenvalue weighted by Crippen LogP contribution is 2.25. The lowest BCUT2D eigenvalue weighted by Gasteiger charge is -2.31. The number of nitrogens with two attached hydrogens (primary N) is 1. The van der Waals surface area contributed by atoms with E-state index in [2.05, 4.69) is 32.8 Å². The third kappa shape index (κ3) is 5.29. The van der Waals surface area contributed by atoms with Crippen molar-refractivity contribution in [1.82, 2.24) is 10.2 Å². The summed E-state index contributed by atoms with van der Waals surface area (Å²) in [6.07, 6.45) is 2.20. The van der Waals surface area contributed by atoms with Crippen LogP contribution in [0.3, 0.4) is 0 Å². The number of benzene rings is 1. The molecule has 7 nitrogen and oxygen atoms in total. The molecule has 2 aliphatic heterocycles. The molecule has 0 saturated carbocycles. The molecule has 31 heavy (non-hydrogen) atoms. The van der Waals surface area contributed by atoms with Crippen LogP contribution in [0.15, 0.2) is 46.9 Å². The first-order valence-electron chi connectivity index (χ1n) is 10.4. The Labute approximate surface area is 184 Å². The summed E-state index contributed by atoms with van der Waals surface area (Å²) in [4.78, 5) is 28.4. The first-order chi connectivity index (χ1) is 15.0. The second-order valence-electron chi connectivity index (χ2n) is 8.00. The zero-order chi connectivity index (χ0) is 21.8. The summed E-state index contributed by atoms with van der Waals surface area (Å²) < 4.78 is 13.2. The zero-order valence-corrected chi connectivity index (χ0v) is 18.0. The van der Waals surface area contributed by atoms with Crippen molar-refractivity contribution in [2.45, 2.75) is 31.8 Å². The summed E-state index contributed by atoms with van der Waals surface area (Å²) in [5.41, 5.74) is 6.29. The number of carbonyl (C=O) groups excluding carboxylic acids is 2. The van der Waals surface area contributed by atoms with Crippen molar-refractivity contribution in [2.75, 3.05) is 24.6 Å². The maximum Gasteiger partial charge on any atom is 0.267 e. The van der Waals surface area contributed by atoms with Crippen molar-refractivity contribution in [1.29, 1.82) is 0 Å². The van der Waals surface area contributed by atoms with Crippen LogP contribution in [0, 0.1) is 11.7 Å². The van der Waals surface area contributed by atoms with Gasteiger partial charge in [-0.3, -0.25) is 19.5 Å². The van der Waals surface area contributed by atoms with Gasteiger partial charge in [-0.05, 0) is 67.6 Å². The van der Waals surface area contributed by atoms with Gasteiger partial charge < -0.3 is 11.1 Å². The van der Waals surface area contributed by atoms with Gasteiger partial charge in [-0.1, -0.05) is 6.07 Å². The number of anilines is 1. The van der Waals surface area contributed by atoms with Crippen LogP contribution in [0.5, 0.6) is 0 Å². The first-order valence-corrected chi connectivity index (χ1v) is 11.3. The van der Waals surface area contributed by atoms with Crippen molar-refractivity contribution in [3.05, 3.63) is 52.5 Å². The Morgan fingerprint density at radius 2 is 1.94 bits per heavy atom. The molecule has 4 rings (SSSR count). The minimum atomic E-state index is -0.758. The van der Waals surface area contributed by atoms with Crippen LogP contribution in [0.2, 0.25) is 0 Å². The number of likely N-dealkylation sites (tertiary alicyclic amines) is 1. The molecule has 1 saturated heterocycles. The van der Waals surface area contributed by atoms with E-state index in [1.165, 1.54) is 34.2 Å². The summed E-state index contributed by atoms with van der Waals surface area (Å²) in [6.45, 7) is 3.60. The topological polar surface area (TPSA) is 91.0 Å². The van der Waals surface area contributed by atoms with Gasteiger partial charge in [0.05, 0.1) is 5.69 Å². The van der Waals surface area contributed by atoms with Crippen molar-refractivity contribution < 1.29 is 14.0 Å². The number of hydrogen-bond acceptors (Lipinski definition) is 6. The third-order valence-electron chi connectivity index (χ3n) is 5.81. The van der Waals surface area contributed by atoms with Gasteiger partial charge in [-0.25, -0.2) is 4.39 Å². The van der Waals surface area contributed by atoms with E-state index in [1.807, 2.05) is 0 Å². The number of carbonyl (C=O) groups is 2. The Morgan fingerprint density at radius 1 is 1.19 bits per heavy atom. The second-order valence-corrected chi connectivity index (χ2v) is 9.03. The van der Waals surface area contributed by atoms with E-state index in [4.69, 9.17) is 5.73 Å². The van der Waals surface area contributed by atoms with Crippen molar-refractivity contribution >= 4 is 34.6 Å². The van der Waals surface area contributed by atoms with Crippen LogP contribution < -0.4 is 16.1 Å². The molecule has 1 fully saturated rings. The highest BCUT2D eigenvalue weighted by atomic mass is 32.1. The number of primary amides is 1. The lowest BCUT2D eigenvalue weighted by Crippen LogP contribution is -2.41. The number of hydrogen-bond donors (Lipinski definition) is 2. The van der Waals surface area contributed by atoms with Gasteiger partial charge in [0.2, 0.25) is 5.91 Å². The van der Waals surface area contributed by atoms with E-state index in [1.54, 1.807) is 11.3 Å². The predicted molar refractivity (Wildman–Crippen MR) is 119 cm³/mol. The fraction of sp³-hybridized carbons (Fsp3) is 0.409. The lowest BCUT2D eigenvalue weighted by atomic mass is 9.96. The molecule has 3 heterocycles. The minimum Gasteiger partial charge on any atom is -0.368 e. The average Bonchev–Trinajstić information content (AvgIpc) is 3.44. The highest BCUT2D eigenvalue weighted by molar-refractivity contribution is 7.09. The molecule has 1 aromatic carbocycles. The van der Waals surface area contributed by atoms with Gasteiger partial charge in [0.15, 0.2) is 0 Å². The number of piperidine rings is 1. The van der Waals surface area contributed by atoms with Gasteiger partial charge in [-0.2, -0.15) is 5.10 Å². The predicted octanol–water partition coefficient (Wildman–Crippen LogP) is 2.34. The summed E-state index contributed by atoms with van der Waals surface area (Å²) in [6, 6.07) is 9.07. The monoisotopic (exact) mass is 443 g/mol. The number of halogens is 1. The molecule has 9 heteroatoms. The number of thiophene rings is 1.